The van der Waals surface area contributed by atoms with Crippen molar-refractivity contribution >= 4 is 22.4 Å². The first-order valence-electron chi connectivity index (χ1n) is 7.81. The number of nitrogens with zero attached hydrogens (tertiary/aromatic N) is 3. The fourth-order valence-electron chi connectivity index (χ4n) is 2.65. The third-order valence-corrected chi connectivity index (χ3v) is 3.76. The Kier molecular flexibility index (Phi) is 3.63. The minimum absolute atomic E-state index is 0.723. The van der Waals surface area contributed by atoms with Crippen molar-refractivity contribution < 1.29 is 0 Å². The largest absolute Gasteiger partial charge is 0.340 e. The highest BCUT2D eigenvalue weighted by atomic mass is 15.0. The molecule has 4 rings (SSSR count). The zero-order valence-corrected chi connectivity index (χ0v) is 13.3. The van der Waals surface area contributed by atoms with Crippen LogP contribution >= 0.6 is 0 Å². The minimum atomic E-state index is 0.723. The molecular formula is C20H16N4. The molecule has 4 heteroatoms. The van der Waals surface area contributed by atoms with Crippen molar-refractivity contribution in [1.29, 1.82) is 0 Å². The molecule has 2 heterocycles. The van der Waals surface area contributed by atoms with Crippen LogP contribution in [-0.4, -0.2) is 15.0 Å². The van der Waals surface area contributed by atoms with Gasteiger partial charge in [0.1, 0.15) is 5.82 Å². The van der Waals surface area contributed by atoms with E-state index in [1.54, 1.807) is 6.20 Å². The molecule has 2 aromatic carbocycles. The predicted molar refractivity (Wildman–Crippen MR) is 97.2 cm³/mol. The maximum atomic E-state index is 4.64. The van der Waals surface area contributed by atoms with Crippen molar-refractivity contribution in [2.45, 2.75) is 6.92 Å². The predicted octanol–water partition coefficient (Wildman–Crippen LogP) is 4.74. The maximum Gasteiger partial charge on any atom is 0.161 e. The summed E-state index contributed by atoms with van der Waals surface area (Å²) in [5.74, 6) is 1.50. The van der Waals surface area contributed by atoms with Gasteiger partial charge in [0.05, 0.1) is 5.52 Å². The summed E-state index contributed by atoms with van der Waals surface area (Å²) in [5, 5.41) is 4.46. The average Bonchev–Trinajstić information content (AvgIpc) is 2.62. The Morgan fingerprint density at radius 3 is 2.58 bits per heavy atom. The summed E-state index contributed by atoms with van der Waals surface area (Å²) in [6, 6.07) is 22.0. The molecule has 0 amide bonds. The Bertz CT molecular complexity index is 997. The number of hydrogen-bond donors (Lipinski definition) is 1. The zero-order chi connectivity index (χ0) is 16.4. The SMILES string of the molecule is Cc1cc(Nc2ccc3ncccc3c2)nc(-c2ccccc2)n1. The first-order chi connectivity index (χ1) is 11.8. The summed E-state index contributed by atoms with van der Waals surface area (Å²) < 4.78 is 0. The quantitative estimate of drug-likeness (QED) is 0.593. The molecule has 24 heavy (non-hydrogen) atoms. The fourth-order valence-corrected chi connectivity index (χ4v) is 2.65. The van der Waals surface area contributed by atoms with Gasteiger partial charge < -0.3 is 5.32 Å². The van der Waals surface area contributed by atoms with E-state index in [1.165, 1.54) is 0 Å². The van der Waals surface area contributed by atoms with Gasteiger partial charge in [-0.1, -0.05) is 36.4 Å². The summed E-state index contributed by atoms with van der Waals surface area (Å²) in [5.41, 5.74) is 3.89. The second kappa shape index (κ2) is 6.08. The van der Waals surface area contributed by atoms with Crippen LogP contribution in [0.3, 0.4) is 0 Å². The van der Waals surface area contributed by atoms with Gasteiger partial charge in [-0.2, -0.15) is 0 Å². The lowest BCUT2D eigenvalue weighted by Crippen LogP contribution is -1.99. The Morgan fingerprint density at radius 2 is 1.71 bits per heavy atom. The molecular weight excluding hydrogens is 296 g/mol. The average molecular weight is 312 g/mol. The standard InChI is InChI=1S/C20H16N4/c1-14-12-19(24-20(22-14)15-6-3-2-4-7-15)23-17-9-10-18-16(13-17)8-5-11-21-18/h2-13H,1H3,(H,22,23,24). The molecule has 0 aliphatic heterocycles. The van der Waals surface area contributed by atoms with Gasteiger partial charge in [-0.15, -0.1) is 0 Å². The number of aromatic nitrogens is 3. The van der Waals surface area contributed by atoms with Crippen LogP contribution in [0.25, 0.3) is 22.3 Å². The van der Waals surface area contributed by atoms with Crippen LogP contribution in [-0.2, 0) is 0 Å². The van der Waals surface area contributed by atoms with Crippen LogP contribution in [0.5, 0.6) is 0 Å². The second-order valence-electron chi connectivity index (χ2n) is 5.62. The van der Waals surface area contributed by atoms with E-state index in [0.717, 1.165) is 39.5 Å². The van der Waals surface area contributed by atoms with Gasteiger partial charge in [-0.05, 0) is 31.2 Å². The molecule has 0 atom stereocenters. The van der Waals surface area contributed by atoms with Crippen molar-refractivity contribution in [2.75, 3.05) is 5.32 Å². The summed E-state index contributed by atoms with van der Waals surface area (Å²) >= 11 is 0. The number of benzene rings is 2. The zero-order valence-electron chi connectivity index (χ0n) is 13.3. The summed E-state index contributed by atoms with van der Waals surface area (Å²) in [6.45, 7) is 1.98. The van der Waals surface area contributed by atoms with E-state index in [-0.39, 0.29) is 0 Å². The topological polar surface area (TPSA) is 50.7 Å². The van der Waals surface area contributed by atoms with Crippen LogP contribution in [0.4, 0.5) is 11.5 Å². The van der Waals surface area contributed by atoms with E-state index in [1.807, 2.05) is 67.6 Å². The van der Waals surface area contributed by atoms with Gasteiger partial charge in [-0.3, -0.25) is 4.98 Å². The van der Waals surface area contributed by atoms with Crippen LogP contribution in [0.1, 0.15) is 5.69 Å². The Labute approximate surface area is 140 Å². The molecule has 0 unspecified atom stereocenters. The molecule has 0 radical (unpaired) electrons. The lowest BCUT2D eigenvalue weighted by Gasteiger charge is -2.09. The molecule has 0 spiro atoms. The molecule has 2 aromatic heterocycles. The van der Waals surface area contributed by atoms with Gasteiger partial charge in [0.2, 0.25) is 0 Å². The highest BCUT2D eigenvalue weighted by Gasteiger charge is 2.05. The van der Waals surface area contributed by atoms with Crippen LogP contribution in [0, 0.1) is 6.92 Å². The van der Waals surface area contributed by atoms with Gasteiger partial charge in [-0.25, -0.2) is 9.97 Å². The van der Waals surface area contributed by atoms with E-state index in [0.29, 0.717) is 0 Å². The summed E-state index contributed by atoms with van der Waals surface area (Å²) in [7, 11) is 0. The summed E-state index contributed by atoms with van der Waals surface area (Å²) in [6.07, 6.45) is 1.80. The molecule has 0 saturated carbocycles. The third kappa shape index (κ3) is 2.94. The molecule has 0 aliphatic rings. The van der Waals surface area contributed by atoms with Gasteiger partial charge >= 0.3 is 0 Å². The molecule has 0 aliphatic carbocycles. The van der Waals surface area contributed by atoms with Crippen molar-refractivity contribution in [3.63, 3.8) is 0 Å². The minimum Gasteiger partial charge on any atom is -0.340 e. The van der Waals surface area contributed by atoms with Crippen LogP contribution < -0.4 is 5.32 Å². The highest BCUT2D eigenvalue weighted by Crippen LogP contribution is 2.22. The van der Waals surface area contributed by atoms with E-state index in [4.69, 9.17) is 0 Å². The number of pyridine rings is 1. The Morgan fingerprint density at radius 1 is 0.833 bits per heavy atom. The van der Waals surface area contributed by atoms with Crippen molar-refractivity contribution in [3.05, 3.63) is 78.6 Å². The lowest BCUT2D eigenvalue weighted by atomic mass is 10.2. The molecule has 0 fully saturated rings. The number of nitrogens with one attached hydrogen (secondary N) is 1. The molecule has 0 bridgehead atoms. The first kappa shape index (κ1) is 14.3. The van der Waals surface area contributed by atoms with Gasteiger partial charge in [0.25, 0.3) is 0 Å². The van der Waals surface area contributed by atoms with Crippen molar-refractivity contribution in [1.82, 2.24) is 15.0 Å². The number of anilines is 2. The van der Waals surface area contributed by atoms with E-state index >= 15 is 0 Å². The van der Waals surface area contributed by atoms with Crippen molar-refractivity contribution in [3.8, 4) is 11.4 Å². The molecule has 4 nitrogen and oxygen atoms in total. The van der Waals surface area contributed by atoms with Crippen LogP contribution in [0.2, 0.25) is 0 Å². The van der Waals surface area contributed by atoms with Crippen LogP contribution in [0.15, 0.2) is 72.9 Å². The Hall–Kier alpha value is -3.27. The number of rotatable bonds is 3. The Balaban J connectivity index is 1.69. The number of aryl methyl sites for hydroxylation is 1. The number of fused-ring (bicyclic) bond motifs is 1. The normalized spacial score (nSPS) is 10.7. The lowest BCUT2D eigenvalue weighted by molar-refractivity contribution is 1.11. The highest BCUT2D eigenvalue weighted by molar-refractivity contribution is 5.83. The van der Waals surface area contributed by atoms with E-state index < -0.39 is 0 Å². The third-order valence-electron chi connectivity index (χ3n) is 3.76. The maximum absolute atomic E-state index is 4.64. The molecule has 4 aromatic rings. The number of hydrogen-bond acceptors (Lipinski definition) is 4. The van der Waals surface area contributed by atoms with Crippen molar-refractivity contribution in [2.24, 2.45) is 0 Å². The molecule has 0 saturated heterocycles. The smallest absolute Gasteiger partial charge is 0.161 e. The van der Waals surface area contributed by atoms with Gasteiger partial charge in [0, 0.05) is 34.6 Å². The molecule has 1 N–H and O–H groups in total. The second-order valence-corrected chi connectivity index (χ2v) is 5.62. The van der Waals surface area contributed by atoms with E-state index in [9.17, 15) is 0 Å². The van der Waals surface area contributed by atoms with E-state index in [2.05, 4.69) is 26.3 Å². The summed E-state index contributed by atoms with van der Waals surface area (Å²) in [4.78, 5) is 13.5. The van der Waals surface area contributed by atoms with Gasteiger partial charge in [0.15, 0.2) is 5.82 Å². The monoisotopic (exact) mass is 312 g/mol. The first-order valence-corrected chi connectivity index (χ1v) is 7.81. The molecule has 116 valence electrons. The fraction of sp³-hybridized carbons (Fsp3) is 0.0500.